The molecule has 38 heavy (non-hydrogen) atoms. The second-order valence-electron chi connectivity index (χ2n) is 8.89. The summed E-state index contributed by atoms with van der Waals surface area (Å²) in [4.78, 5) is 10.0. The Bertz CT molecular complexity index is 1540. The highest BCUT2D eigenvalue weighted by molar-refractivity contribution is 5.81. The Morgan fingerprint density at radius 3 is 1.13 bits per heavy atom. The first kappa shape index (κ1) is 23.2. The molecule has 4 nitrogen and oxygen atoms in total. The van der Waals surface area contributed by atoms with Crippen LogP contribution in [0.15, 0.2) is 146 Å². The minimum absolute atomic E-state index is 0.826. The van der Waals surface area contributed by atoms with Crippen molar-refractivity contribution in [2.24, 2.45) is 0 Å². The maximum atomic E-state index is 5.02. The summed E-state index contributed by atoms with van der Waals surface area (Å²) in [5.41, 5.74) is 9.58. The van der Waals surface area contributed by atoms with E-state index in [2.05, 4.69) is 59.2 Å². The van der Waals surface area contributed by atoms with Gasteiger partial charge in [-0.3, -0.25) is 0 Å². The fourth-order valence-electron chi connectivity index (χ4n) is 4.44. The number of hydrogen-bond acceptors (Lipinski definition) is 4. The number of benzene rings is 4. The first-order valence-electron chi connectivity index (χ1n) is 12.6. The van der Waals surface area contributed by atoms with Crippen LogP contribution < -0.4 is 10.6 Å². The van der Waals surface area contributed by atoms with Crippen LogP contribution in [0.5, 0.6) is 0 Å². The number of anilines is 4. The van der Waals surface area contributed by atoms with Crippen LogP contribution in [0.2, 0.25) is 0 Å². The van der Waals surface area contributed by atoms with Crippen molar-refractivity contribution in [3.05, 3.63) is 146 Å². The second-order valence-corrected chi connectivity index (χ2v) is 8.89. The highest BCUT2D eigenvalue weighted by Gasteiger charge is 2.11. The van der Waals surface area contributed by atoms with Crippen molar-refractivity contribution in [1.29, 1.82) is 0 Å². The van der Waals surface area contributed by atoms with Crippen LogP contribution in [-0.4, -0.2) is 9.97 Å². The quantitative estimate of drug-likeness (QED) is 0.234. The fourth-order valence-corrected chi connectivity index (χ4v) is 4.44. The van der Waals surface area contributed by atoms with Gasteiger partial charge in [0.15, 0.2) is 0 Å². The third-order valence-corrected chi connectivity index (χ3v) is 6.27. The molecule has 4 aromatic carbocycles. The van der Waals surface area contributed by atoms with Gasteiger partial charge in [-0.25, -0.2) is 9.97 Å². The van der Waals surface area contributed by atoms with Gasteiger partial charge in [-0.15, -0.1) is 0 Å². The average molecular weight is 491 g/mol. The van der Waals surface area contributed by atoms with Crippen LogP contribution in [0.1, 0.15) is 0 Å². The van der Waals surface area contributed by atoms with Crippen molar-refractivity contribution in [1.82, 2.24) is 9.97 Å². The molecule has 0 atom stereocenters. The summed E-state index contributed by atoms with van der Waals surface area (Å²) < 4.78 is 0. The number of rotatable bonds is 7. The van der Waals surface area contributed by atoms with Gasteiger partial charge in [-0.05, 0) is 60.7 Å². The van der Waals surface area contributed by atoms with Crippen molar-refractivity contribution in [2.75, 3.05) is 10.6 Å². The van der Waals surface area contributed by atoms with Gasteiger partial charge < -0.3 is 10.6 Å². The standard InChI is InChI=1S/C34H26N4/c1-3-13-25(14-4-1)35-29-19-9-7-17-27(29)31-21-11-23-33(37-31)34-24-12-22-32(38-34)28-18-8-10-20-30(28)36-26-15-5-2-6-16-26/h1-24,35-36H. The summed E-state index contributed by atoms with van der Waals surface area (Å²) in [5.74, 6) is 0. The number of nitrogens with zero attached hydrogens (tertiary/aromatic N) is 2. The Hall–Kier alpha value is -5.22. The van der Waals surface area contributed by atoms with Crippen molar-refractivity contribution in [3.8, 4) is 33.9 Å². The largest absolute Gasteiger partial charge is 0.355 e. The van der Waals surface area contributed by atoms with Crippen LogP contribution in [0.3, 0.4) is 0 Å². The van der Waals surface area contributed by atoms with Gasteiger partial charge in [-0.1, -0.05) is 84.9 Å². The van der Waals surface area contributed by atoms with Crippen LogP contribution in [-0.2, 0) is 0 Å². The highest BCUT2D eigenvalue weighted by atomic mass is 14.9. The maximum Gasteiger partial charge on any atom is 0.0893 e. The van der Waals surface area contributed by atoms with E-state index in [9.17, 15) is 0 Å². The van der Waals surface area contributed by atoms with Crippen LogP contribution in [0.4, 0.5) is 22.7 Å². The predicted molar refractivity (Wildman–Crippen MR) is 158 cm³/mol. The molecule has 0 fully saturated rings. The van der Waals surface area contributed by atoms with Crippen molar-refractivity contribution in [3.63, 3.8) is 0 Å². The molecular weight excluding hydrogens is 464 g/mol. The molecule has 6 aromatic rings. The fraction of sp³-hybridized carbons (Fsp3) is 0. The lowest BCUT2D eigenvalue weighted by molar-refractivity contribution is 1.25. The topological polar surface area (TPSA) is 49.8 Å². The van der Waals surface area contributed by atoms with Crippen LogP contribution in [0.25, 0.3) is 33.9 Å². The van der Waals surface area contributed by atoms with E-state index in [1.54, 1.807) is 0 Å². The van der Waals surface area contributed by atoms with Gasteiger partial charge in [0.25, 0.3) is 0 Å². The zero-order valence-corrected chi connectivity index (χ0v) is 20.8. The number of para-hydroxylation sites is 4. The predicted octanol–water partition coefficient (Wildman–Crippen LogP) is 8.96. The molecule has 0 bridgehead atoms. The number of hydrogen-bond donors (Lipinski definition) is 2. The third kappa shape index (κ3) is 5.15. The molecule has 2 heterocycles. The summed E-state index contributed by atoms with van der Waals surface area (Å²) in [5, 5.41) is 7.05. The SMILES string of the molecule is c1ccc(Nc2ccccc2-c2cccc(-c3cccc(-c4ccccc4Nc4ccccc4)n3)n2)cc1. The zero-order chi connectivity index (χ0) is 25.6. The van der Waals surface area contributed by atoms with Crippen molar-refractivity contribution in [2.45, 2.75) is 0 Å². The van der Waals surface area contributed by atoms with E-state index in [4.69, 9.17) is 9.97 Å². The molecule has 0 unspecified atom stereocenters. The first-order chi connectivity index (χ1) is 18.8. The number of pyridine rings is 2. The number of nitrogens with one attached hydrogen (secondary N) is 2. The summed E-state index contributed by atoms with van der Waals surface area (Å²) in [6, 6.07) is 49.0. The lowest BCUT2D eigenvalue weighted by Crippen LogP contribution is -1.97. The molecule has 0 saturated carbocycles. The molecule has 0 radical (unpaired) electrons. The van der Waals surface area contributed by atoms with E-state index in [1.807, 2.05) is 97.1 Å². The molecule has 0 spiro atoms. The third-order valence-electron chi connectivity index (χ3n) is 6.27. The minimum Gasteiger partial charge on any atom is -0.355 e. The lowest BCUT2D eigenvalue weighted by Gasteiger charge is -2.14. The Balaban J connectivity index is 1.34. The first-order valence-corrected chi connectivity index (χ1v) is 12.6. The molecule has 2 aromatic heterocycles. The van der Waals surface area contributed by atoms with Crippen molar-refractivity contribution < 1.29 is 0 Å². The molecule has 0 aliphatic heterocycles. The summed E-state index contributed by atoms with van der Waals surface area (Å²) >= 11 is 0. The summed E-state index contributed by atoms with van der Waals surface area (Å²) in [6.45, 7) is 0. The number of aromatic nitrogens is 2. The van der Waals surface area contributed by atoms with E-state index in [0.29, 0.717) is 0 Å². The van der Waals surface area contributed by atoms with Crippen LogP contribution >= 0.6 is 0 Å². The molecule has 2 N–H and O–H groups in total. The van der Waals surface area contributed by atoms with Gasteiger partial charge in [0.05, 0.1) is 22.8 Å². The van der Waals surface area contributed by atoms with Crippen molar-refractivity contribution >= 4 is 22.7 Å². The Morgan fingerprint density at radius 1 is 0.316 bits per heavy atom. The smallest absolute Gasteiger partial charge is 0.0893 e. The van der Waals surface area contributed by atoms with Crippen LogP contribution in [0, 0.1) is 0 Å². The molecule has 4 heteroatoms. The molecule has 0 aliphatic carbocycles. The monoisotopic (exact) mass is 490 g/mol. The highest BCUT2D eigenvalue weighted by Crippen LogP contribution is 2.32. The normalized spacial score (nSPS) is 10.6. The molecule has 0 amide bonds. The Labute approximate surface area is 222 Å². The van der Waals surface area contributed by atoms with Gasteiger partial charge in [-0.2, -0.15) is 0 Å². The molecule has 0 saturated heterocycles. The van der Waals surface area contributed by atoms with Gasteiger partial charge in [0.1, 0.15) is 0 Å². The lowest BCUT2D eigenvalue weighted by atomic mass is 10.1. The van der Waals surface area contributed by atoms with Gasteiger partial charge in [0.2, 0.25) is 0 Å². The molecule has 0 aliphatic rings. The maximum absolute atomic E-state index is 5.02. The summed E-state index contributed by atoms with van der Waals surface area (Å²) in [7, 11) is 0. The minimum atomic E-state index is 0.826. The summed E-state index contributed by atoms with van der Waals surface area (Å²) in [6.07, 6.45) is 0. The zero-order valence-electron chi connectivity index (χ0n) is 20.8. The molecule has 6 rings (SSSR count). The van der Waals surface area contributed by atoms with E-state index in [-0.39, 0.29) is 0 Å². The molecular formula is C34H26N4. The van der Waals surface area contributed by atoms with E-state index >= 15 is 0 Å². The van der Waals surface area contributed by atoms with E-state index < -0.39 is 0 Å². The van der Waals surface area contributed by atoms with E-state index in [0.717, 1.165) is 56.7 Å². The van der Waals surface area contributed by atoms with Gasteiger partial charge >= 0.3 is 0 Å². The second kappa shape index (κ2) is 10.8. The Morgan fingerprint density at radius 2 is 0.684 bits per heavy atom. The Kier molecular flexibility index (Phi) is 6.60. The molecule has 182 valence electrons. The average Bonchev–Trinajstić information content (AvgIpc) is 2.99. The van der Waals surface area contributed by atoms with E-state index in [1.165, 1.54) is 0 Å². The van der Waals surface area contributed by atoms with Gasteiger partial charge in [0, 0.05) is 33.9 Å².